The molecule has 138 valence electrons. The molecular weight excluding hydrogens is 338 g/mol. The maximum Gasteiger partial charge on any atom is 0.252 e. The molecule has 1 amide bonds. The fourth-order valence-corrected chi connectivity index (χ4v) is 2.71. The number of rotatable bonds is 7. The normalized spacial score (nSPS) is 10.3. The number of carbonyl (C=O) groups is 1. The molecule has 1 heterocycles. The van der Waals surface area contributed by atoms with E-state index in [0.717, 1.165) is 17.0 Å². The molecule has 0 saturated carbocycles. The Morgan fingerprint density at radius 2 is 1.81 bits per heavy atom. The van der Waals surface area contributed by atoms with E-state index in [1.165, 1.54) is 5.56 Å². The Morgan fingerprint density at radius 3 is 2.52 bits per heavy atom. The van der Waals surface area contributed by atoms with E-state index in [4.69, 9.17) is 4.74 Å². The van der Waals surface area contributed by atoms with Gasteiger partial charge in [-0.1, -0.05) is 35.9 Å². The van der Waals surface area contributed by atoms with Crippen molar-refractivity contribution in [3.63, 3.8) is 0 Å². The SMILES string of the molecule is COc1ccccc1CCNC(=O)c1ccc(Nc2ccc(C)cc2)nc1. The van der Waals surface area contributed by atoms with Crippen LogP contribution in [-0.4, -0.2) is 24.5 Å². The molecule has 0 aliphatic carbocycles. The lowest BCUT2D eigenvalue weighted by atomic mass is 10.1. The van der Waals surface area contributed by atoms with Crippen molar-refractivity contribution in [1.82, 2.24) is 10.3 Å². The predicted octanol–water partition coefficient (Wildman–Crippen LogP) is 4.11. The molecule has 0 aliphatic heterocycles. The number of anilines is 2. The number of nitrogens with zero attached hydrogens (tertiary/aromatic N) is 1. The molecule has 0 bridgehead atoms. The van der Waals surface area contributed by atoms with Crippen LogP contribution in [0.4, 0.5) is 11.5 Å². The quantitative estimate of drug-likeness (QED) is 0.665. The van der Waals surface area contributed by atoms with Crippen LogP contribution in [0.15, 0.2) is 66.9 Å². The second-order valence-corrected chi connectivity index (χ2v) is 6.24. The molecule has 0 spiro atoms. The van der Waals surface area contributed by atoms with Crippen LogP contribution in [0.25, 0.3) is 0 Å². The summed E-state index contributed by atoms with van der Waals surface area (Å²) in [5, 5.41) is 6.14. The summed E-state index contributed by atoms with van der Waals surface area (Å²) < 4.78 is 5.33. The van der Waals surface area contributed by atoms with Crippen molar-refractivity contribution in [2.45, 2.75) is 13.3 Å². The number of methoxy groups -OCH3 is 1. The Labute approximate surface area is 159 Å². The van der Waals surface area contributed by atoms with Gasteiger partial charge in [0.05, 0.1) is 12.7 Å². The van der Waals surface area contributed by atoms with Crippen LogP contribution in [-0.2, 0) is 6.42 Å². The molecule has 0 saturated heterocycles. The molecule has 5 nitrogen and oxygen atoms in total. The molecule has 0 aliphatic rings. The van der Waals surface area contributed by atoms with Crippen LogP contribution in [0.1, 0.15) is 21.5 Å². The van der Waals surface area contributed by atoms with E-state index in [1.807, 2.05) is 55.5 Å². The number of hydrogen-bond donors (Lipinski definition) is 2. The molecule has 1 aromatic heterocycles. The summed E-state index contributed by atoms with van der Waals surface area (Å²) in [5.41, 5.74) is 3.76. The fraction of sp³-hybridized carbons (Fsp3) is 0.182. The van der Waals surface area contributed by atoms with Crippen molar-refractivity contribution in [2.24, 2.45) is 0 Å². The van der Waals surface area contributed by atoms with Crippen LogP contribution in [0.5, 0.6) is 5.75 Å². The van der Waals surface area contributed by atoms with Crippen LogP contribution in [0.3, 0.4) is 0 Å². The summed E-state index contributed by atoms with van der Waals surface area (Å²) in [6.07, 6.45) is 2.28. The van der Waals surface area contributed by atoms with Crippen molar-refractivity contribution in [3.8, 4) is 5.75 Å². The minimum Gasteiger partial charge on any atom is -0.496 e. The van der Waals surface area contributed by atoms with Crippen LogP contribution in [0, 0.1) is 6.92 Å². The van der Waals surface area contributed by atoms with Gasteiger partial charge >= 0.3 is 0 Å². The number of carbonyl (C=O) groups excluding carboxylic acids is 1. The summed E-state index contributed by atoms with van der Waals surface area (Å²) in [5.74, 6) is 1.39. The van der Waals surface area contributed by atoms with E-state index >= 15 is 0 Å². The zero-order valence-corrected chi connectivity index (χ0v) is 15.5. The number of amides is 1. The number of pyridine rings is 1. The molecule has 3 aromatic rings. The van der Waals surface area contributed by atoms with Crippen molar-refractivity contribution in [3.05, 3.63) is 83.6 Å². The highest BCUT2D eigenvalue weighted by atomic mass is 16.5. The largest absolute Gasteiger partial charge is 0.496 e. The molecule has 0 unspecified atom stereocenters. The number of aromatic nitrogens is 1. The number of aryl methyl sites for hydroxylation is 1. The van der Waals surface area contributed by atoms with Crippen molar-refractivity contribution < 1.29 is 9.53 Å². The van der Waals surface area contributed by atoms with E-state index in [-0.39, 0.29) is 5.91 Å². The number of ether oxygens (including phenoxy) is 1. The predicted molar refractivity (Wildman–Crippen MR) is 108 cm³/mol. The van der Waals surface area contributed by atoms with Gasteiger partial charge < -0.3 is 15.4 Å². The van der Waals surface area contributed by atoms with Gasteiger partial charge in [-0.2, -0.15) is 0 Å². The summed E-state index contributed by atoms with van der Waals surface area (Å²) in [6, 6.07) is 19.4. The molecule has 0 radical (unpaired) electrons. The second kappa shape index (κ2) is 8.85. The average Bonchev–Trinajstić information content (AvgIpc) is 2.70. The zero-order valence-electron chi connectivity index (χ0n) is 15.5. The molecule has 0 fully saturated rings. The Morgan fingerprint density at radius 1 is 1.04 bits per heavy atom. The van der Waals surface area contributed by atoms with Gasteiger partial charge in [0.1, 0.15) is 11.6 Å². The monoisotopic (exact) mass is 361 g/mol. The first-order valence-electron chi connectivity index (χ1n) is 8.85. The maximum absolute atomic E-state index is 12.3. The first kappa shape index (κ1) is 18.5. The van der Waals surface area contributed by atoms with Gasteiger partial charge in [-0.25, -0.2) is 4.98 Å². The minimum absolute atomic E-state index is 0.140. The smallest absolute Gasteiger partial charge is 0.252 e. The van der Waals surface area contributed by atoms with Gasteiger partial charge in [0, 0.05) is 18.4 Å². The Kier molecular flexibility index (Phi) is 6.05. The minimum atomic E-state index is -0.140. The number of para-hydroxylation sites is 1. The second-order valence-electron chi connectivity index (χ2n) is 6.24. The average molecular weight is 361 g/mol. The molecule has 2 N–H and O–H groups in total. The Bertz CT molecular complexity index is 890. The van der Waals surface area contributed by atoms with Gasteiger partial charge in [-0.3, -0.25) is 4.79 Å². The lowest BCUT2D eigenvalue weighted by Crippen LogP contribution is -2.25. The van der Waals surface area contributed by atoms with Gasteiger partial charge in [0.25, 0.3) is 5.91 Å². The molecule has 3 rings (SSSR count). The van der Waals surface area contributed by atoms with Crippen molar-refractivity contribution >= 4 is 17.4 Å². The van der Waals surface area contributed by atoms with E-state index in [1.54, 1.807) is 25.4 Å². The first-order valence-corrected chi connectivity index (χ1v) is 8.85. The number of hydrogen-bond acceptors (Lipinski definition) is 4. The zero-order chi connectivity index (χ0) is 19.1. The fourth-order valence-electron chi connectivity index (χ4n) is 2.71. The van der Waals surface area contributed by atoms with Crippen molar-refractivity contribution in [1.29, 1.82) is 0 Å². The van der Waals surface area contributed by atoms with E-state index in [0.29, 0.717) is 24.3 Å². The van der Waals surface area contributed by atoms with E-state index < -0.39 is 0 Å². The lowest BCUT2D eigenvalue weighted by Gasteiger charge is -2.10. The molecular formula is C22H23N3O2. The standard InChI is InChI=1S/C22H23N3O2/c1-16-7-10-19(11-8-16)25-21-12-9-18(15-24-21)22(26)23-14-13-17-5-3-4-6-20(17)27-2/h3-12,15H,13-14H2,1-2H3,(H,23,26)(H,24,25). The highest BCUT2D eigenvalue weighted by Crippen LogP contribution is 2.17. The van der Waals surface area contributed by atoms with Crippen LogP contribution in [0.2, 0.25) is 0 Å². The Hall–Kier alpha value is -3.34. The summed E-state index contributed by atoms with van der Waals surface area (Å²) in [4.78, 5) is 16.6. The van der Waals surface area contributed by atoms with Gasteiger partial charge in [0.15, 0.2) is 0 Å². The van der Waals surface area contributed by atoms with E-state index in [9.17, 15) is 4.79 Å². The highest BCUT2D eigenvalue weighted by Gasteiger charge is 2.07. The molecule has 2 aromatic carbocycles. The lowest BCUT2D eigenvalue weighted by molar-refractivity contribution is 0.0953. The van der Waals surface area contributed by atoms with E-state index in [2.05, 4.69) is 15.6 Å². The maximum atomic E-state index is 12.3. The topological polar surface area (TPSA) is 63.2 Å². The van der Waals surface area contributed by atoms with Crippen molar-refractivity contribution in [2.75, 3.05) is 19.0 Å². The molecule has 27 heavy (non-hydrogen) atoms. The third-order valence-electron chi connectivity index (χ3n) is 4.22. The molecule has 0 atom stereocenters. The number of nitrogens with one attached hydrogen (secondary N) is 2. The summed E-state index contributed by atoms with van der Waals surface area (Å²) in [7, 11) is 1.65. The first-order chi connectivity index (χ1) is 13.2. The summed E-state index contributed by atoms with van der Waals surface area (Å²) >= 11 is 0. The van der Waals surface area contributed by atoms with Crippen LogP contribution >= 0.6 is 0 Å². The van der Waals surface area contributed by atoms with Gasteiger partial charge in [-0.15, -0.1) is 0 Å². The molecule has 5 heteroatoms. The Balaban J connectivity index is 1.53. The third-order valence-corrected chi connectivity index (χ3v) is 4.22. The van der Waals surface area contributed by atoms with Crippen LogP contribution < -0.4 is 15.4 Å². The number of benzene rings is 2. The summed E-state index contributed by atoms with van der Waals surface area (Å²) in [6.45, 7) is 2.58. The van der Waals surface area contributed by atoms with Gasteiger partial charge in [0.2, 0.25) is 0 Å². The third kappa shape index (κ3) is 5.07. The highest BCUT2D eigenvalue weighted by molar-refractivity contribution is 5.94. The van der Waals surface area contributed by atoms with Gasteiger partial charge in [-0.05, 0) is 49.2 Å².